The number of nitrogens with two attached hydrogens (primary N) is 1. The quantitative estimate of drug-likeness (QED) is 0.334. The van der Waals surface area contributed by atoms with Gasteiger partial charge in [0.15, 0.2) is 0 Å². The molecule has 1 aliphatic carbocycles. The SMILES string of the molecule is Cn1c(=O)n(CC2=C(F)C=C(Br)CC2)c2ccc(-c3cc(Oc4ccnc(N)c4)ccc3C#N)cc21. The molecule has 0 atom stereocenters. The van der Waals surface area contributed by atoms with Crippen molar-refractivity contribution in [1.82, 2.24) is 14.1 Å². The zero-order valence-corrected chi connectivity index (χ0v) is 20.9. The van der Waals surface area contributed by atoms with E-state index in [1.54, 1.807) is 48.1 Å². The maximum atomic E-state index is 14.5. The fraction of sp³-hybridized carbons (Fsp3) is 0.148. The molecule has 0 spiro atoms. The number of aryl methyl sites for hydroxylation is 1. The van der Waals surface area contributed by atoms with Gasteiger partial charge >= 0.3 is 5.69 Å². The third-order valence-electron chi connectivity index (χ3n) is 6.19. The van der Waals surface area contributed by atoms with Crippen LogP contribution in [0.25, 0.3) is 22.2 Å². The molecule has 2 N–H and O–H groups in total. The Kier molecular flexibility index (Phi) is 6.20. The number of rotatable bonds is 5. The summed E-state index contributed by atoms with van der Waals surface area (Å²) in [6, 6.07) is 16.2. The van der Waals surface area contributed by atoms with Crippen LogP contribution < -0.4 is 16.2 Å². The van der Waals surface area contributed by atoms with Gasteiger partial charge in [0.1, 0.15) is 23.1 Å². The number of pyridine rings is 1. The number of nitrogen functional groups attached to an aromatic ring is 1. The topological polar surface area (TPSA) is 98.9 Å². The van der Waals surface area contributed by atoms with Crippen LogP contribution in [0.3, 0.4) is 0 Å². The van der Waals surface area contributed by atoms with Gasteiger partial charge in [0.25, 0.3) is 0 Å². The first-order chi connectivity index (χ1) is 17.3. The van der Waals surface area contributed by atoms with Gasteiger partial charge in [-0.2, -0.15) is 5.26 Å². The van der Waals surface area contributed by atoms with Crippen molar-refractivity contribution in [2.45, 2.75) is 19.4 Å². The molecule has 2 aromatic carbocycles. The number of allylic oxidation sites excluding steroid dienone is 4. The predicted octanol–water partition coefficient (Wildman–Crippen LogP) is 5.94. The lowest BCUT2D eigenvalue weighted by Crippen LogP contribution is -2.23. The Morgan fingerprint density at radius 2 is 1.94 bits per heavy atom. The largest absolute Gasteiger partial charge is 0.457 e. The van der Waals surface area contributed by atoms with Gasteiger partial charge in [-0.1, -0.05) is 22.0 Å². The van der Waals surface area contributed by atoms with Crippen molar-refractivity contribution >= 4 is 32.8 Å². The Morgan fingerprint density at radius 3 is 2.69 bits per heavy atom. The molecule has 0 unspecified atom stereocenters. The first-order valence-corrected chi connectivity index (χ1v) is 12.0. The van der Waals surface area contributed by atoms with E-state index in [4.69, 9.17) is 10.5 Å². The number of halogens is 2. The highest BCUT2D eigenvalue weighted by Crippen LogP contribution is 2.33. The van der Waals surface area contributed by atoms with Gasteiger partial charge in [0.05, 0.1) is 29.2 Å². The van der Waals surface area contributed by atoms with Gasteiger partial charge < -0.3 is 10.5 Å². The van der Waals surface area contributed by atoms with Crippen LogP contribution in [0.5, 0.6) is 11.5 Å². The van der Waals surface area contributed by atoms with E-state index in [-0.39, 0.29) is 18.1 Å². The summed E-state index contributed by atoms with van der Waals surface area (Å²) >= 11 is 3.34. The highest BCUT2D eigenvalue weighted by molar-refractivity contribution is 9.11. The van der Waals surface area contributed by atoms with Crippen molar-refractivity contribution in [3.8, 4) is 28.7 Å². The van der Waals surface area contributed by atoms with E-state index in [0.29, 0.717) is 57.9 Å². The second-order valence-electron chi connectivity index (χ2n) is 8.51. The van der Waals surface area contributed by atoms with Crippen LogP contribution in [-0.2, 0) is 13.6 Å². The van der Waals surface area contributed by atoms with Crippen molar-refractivity contribution in [2.24, 2.45) is 7.05 Å². The fourth-order valence-electron chi connectivity index (χ4n) is 4.33. The normalized spacial score (nSPS) is 13.6. The van der Waals surface area contributed by atoms with Gasteiger partial charge in [-0.25, -0.2) is 14.2 Å². The Labute approximate surface area is 214 Å². The van der Waals surface area contributed by atoms with E-state index in [1.165, 1.54) is 10.6 Å². The Hall–Kier alpha value is -4.16. The molecule has 0 fully saturated rings. The van der Waals surface area contributed by atoms with Crippen LogP contribution in [0.2, 0.25) is 0 Å². The van der Waals surface area contributed by atoms with E-state index >= 15 is 0 Å². The average Bonchev–Trinajstić information content (AvgIpc) is 3.10. The van der Waals surface area contributed by atoms with Crippen molar-refractivity contribution in [3.63, 3.8) is 0 Å². The van der Waals surface area contributed by atoms with Gasteiger partial charge in [-0.3, -0.25) is 9.13 Å². The number of hydrogen-bond acceptors (Lipinski definition) is 5. The van der Waals surface area contributed by atoms with Gasteiger partial charge in [0.2, 0.25) is 0 Å². The minimum absolute atomic E-state index is 0.181. The number of hydrogen-bond donors (Lipinski definition) is 1. The summed E-state index contributed by atoms with van der Waals surface area (Å²) in [6.07, 6.45) is 4.27. The minimum Gasteiger partial charge on any atom is -0.457 e. The number of aromatic nitrogens is 3. The molecule has 2 heterocycles. The van der Waals surface area contributed by atoms with Crippen molar-refractivity contribution < 1.29 is 9.13 Å². The number of nitrogens with zero attached hydrogens (tertiary/aromatic N) is 4. The smallest absolute Gasteiger partial charge is 0.329 e. The van der Waals surface area contributed by atoms with Crippen LogP contribution in [0.4, 0.5) is 10.2 Å². The van der Waals surface area contributed by atoms with E-state index in [2.05, 4.69) is 27.0 Å². The zero-order valence-electron chi connectivity index (χ0n) is 19.3. The molecule has 0 saturated carbocycles. The number of imidazole rings is 1. The molecule has 2 aromatic heterocycles. The molecule has 4 aromatic rings. The molecule has 180 valence electrons. The molecule has 0 radical (unpaired) electrons. The summed E-state index contributed by atoms with van der Waals surface area (Å²) < 4.78 is 24.4. The predicted molar refractivity (Wildman–Crippen MR) is 140 cm³/mol. The van der Waals surface area contributed by atoms with Crippen LogP contribution in [0.15, 0.2) is 81.5 Å². The molecule has 0 saturated heterocycles. The number of ether oxygens (including phenoxy) is 1. The molecule has 0 bridgehead atoms. The highest BCUT2D eigenvalue weighted by Gasteiger charge is 2.18. The van der Waals surface area contributed by atoms with Gasteiger partial charge in [-0.15, -0.1) is 0 Å². The van der Waals surface area contributed by atoms with Crippen LogP contribution in [0.1, 0.15) is 18.4 Å². The molecule has 5 rings (SSSR count). The van der Waals surface area contributed by atoms with Crippen LogP contribution >= 0.6 is 15.9 Å². The summed E-state index contributed by atoms with van der Waals surface area (Å²) in [7, 11) is 1.69. The summed E-state index contributed by atoms with van der Waals surface area (Å²) in [5.41, 5.74) is 9.35. The number of nitriles is 1. The summed E-state index contributed by atoms with van der Waals surface area (Å²) in [4.78, 5) is 17.0. The standard InChI is InChI=1S/C27H21BrFN5O2/c1-33-25-10-16(4-7-24(25)34(27(33)35)15-18-2-5-19(28)11-23(18)29)22-12-20(6-3-17(22)14-30)36-21-8-9-32-26(31)13-21/h3-4,6-13H,2,5,15H2,1H3,(H2,31,32). The number of benzene rings is 2. The second-order valence-corrected chi connectivity index (χ2v) is 9.53. The highest BCUT2D eigenvalue weighted by atomic mass is 79.9. The third-order valence-corrected chi connectivity index (χ3v) is 6.82. The zero-order chi connectivity index (χ0) is 25.4. The number of anilines is 1. The monoisotopic (exact) mass is 545 g/mol. The Balaban J connectivity index is 1.55. The van der Waals surface area contributed by atoms with E-state index in [0.717, 1.165) is 10.0 Å². The van der Waals surface area contributed by atoms with Gasteiger partial charge in [-0.05, 0) is 70.9 Å². The molecule has 1 aliphatic rings. The van der Waals surface area contributed by atoms with Crippen LogP contribution in [0, 0.1) is 11.3 Å². The first kappa shape index (κ1) is 23.6. The molecule has 9 heteroatoms. The molecule has 0 aliphatic heterocycles. The third kappa shape index (κ3) is 4.43. The lowest BCUT2D eigenvalue weighted by molar-refractivity contribution is 0.482. The summed E-state index contributed by atoms with van der Waals surface area (Å²) in [5.74, 6) is 1.09. The fourth-order valence-corrected chi connectivity index (χ4v) is 4.72. The maximum Gasteiger partial charge on any atom is 0.329 e. The lowest BCUT2D eigenvalue weighted by Gasteiger charge is -2.14. The van der Waals surface area contributed by atoms with Crippen molar-refractivity contribution in [2.75, 3.05) is 5.73 Å². The average molecular weight is 546 g/mol. The second kappa shape index (κ2) is 9.47. The van der Waals surface area contributed by atoms with Crippen molar-refractivity contribution in [3.05, 3.63) is 92.7 Å². The summed E-state index contributed by atoms with van der Waals surface area (Å²) in [6.45, 7) is 0.181. The van der Waals surface area contributed by atoms with Crippen molar-refractivity contribution in [1.29, 1.82) is 5.26 Å². The maximum absolute atomic E-state index is 14.5. The molecular formula is C27H21BrFN5O2. The first-order valence-electron chi connectivity index (χ1n) is 11.2. The molecule has 36 heavy (non-hydrogen) atoms. The minimum atomic E-state index is -0.305. The molecule has 7 nitrogen and oxygen atoms in total. The Bertz CT molecular complexity index is 1680. The molecule has 0 amide bonds. The summed E-state index contributed by atoms with van der Waals surface area (Å²) in [5, 5.41) is 9.72. The van der Waals surface area contributed by atoms with E-state index in [9.17, 15) is 14.4 Å². The molecular weight excluding hydrogens is 525 g/mol. The van der Waals surface area contributed by atoms with Crippen LogP contribution in [-0.4, -0.2) is 14.1 Å². The van der Waals surface area contributed by atoms with E-state index in [1.807, 2.05) is 18.2 Å². The lowest BCUT2D eigenvalue weighted by atomic mass is 9.99. The Morgan fingerprint density at radius 1 is 1.14 bits per heavy atom. The number of fused-ring (bicyclic) bond motifs is 1. The van der Waals surface area contributed by atoms with E-state index < -0.39 is 0 Å². The van der Waals surface area contributed by atoms with Gasteiger partial charge in [0, 0.05) is 24.9 Å².